The van der Waals surface area contributed by atoms with Crippen molar-refractivity contribution in [3.8, 4) is 5.75 Å². The summed E-state index contributed by atoms with van der Waals surface area (Å²) in [5.41, 5.74) is 3.46. The fourth-order valence-corrected chi connectivity index (χ4v) is 3.63. The van der Waals surface area contributed by atoms with Crippen molar-refractivity contribution in [2.24, 2.45) is 0 Å². The van der Waals surface area contributed by atoms with Crippen LogP contribution < -0.4 is 10.1 Å². The summed E-state index contributed by atoms with van der Waals surface area (Å²) in [4.78, 5) is 16.8. The second kappa shape index (κ2) is 10.4. The Hall–Kier alpha value is -2.44. The molecule has 1 fully saturated rings. The first-order valence-corrected chi connectivity index (χ1v) is 10.1. The number of aryl methyl sites for hydroxylation is 1. The van der Waals surface area contributed by atoms with E-state index in [2.05, 4.69) is 34.2 Å². The lowest BCUT2D eigenvalue weighted by Gasteiger charge is -2.34. The van der Waals surface area contributed by atoms with Crippen molar-refractivity contribution in [3.63, 3.8) is 0 Å². The molecule has 0 aliphatic carbocycles. The lowest BCUT2D eigenvalue weighted by Crippen LogP contribution is -2.49. The molecule has 1 N–H and O–H groups in total. The zero-order chi connectivity index (χ0) is 20.6. The summed E-state index contributed by atoms with van der Waals surface area (Å²) < 4.78 is 18.4. The molecular weight excluding hydrogens is 369 g/mol. The van der Waals surface area contributed by atoms with Crippen LogP contribution in [-0.2, 0) is 17.8 Å². The van der Waals surface area contributed by atoms with Crippen LogP contribution >= 0.6 is 0 Å². The molecule has 6 heteroatoms. The molecule has 1 saturated heterocycles. The quantitative estimate of drug-likeness (QED) is 0.741. The maximum Gasteiger partial charge on any atom is 0.234 e. The third-order valence-electron chi connectivity index (χ3n) is 5.31. The highest BCUT2D eigenvalue weighted by Gasteiger charge is 2.20. The Bertz CT molecular complexity index is 802. The molecule has 2 aromatic carbocycles. The number of nitrogens with zero attached hydrogens (tertiary/aromatic N) is 2. The average Bonchev–Trinajstić information content (AvgIpc) is 2.71. The first-order chi connectivity index (χ1) is 14.0. The van der Waals surface area contributed by atoms with E-state index in [1.54, 1.807) is 19.2 Å². The Morgan fingerprint density at radius 1 is 1.07 bits per heavy atom. The van der Waals surface area contributed by atoms with Crippen LogP contribution in [0, 0.1) is 12.7 Å². The van der Waals surface area contributed by atoms with Gasteiger partial charge in [-0.1, -0.05) is 29.8 Å². The van der Waals surface area contributed by atoms with E-state index < -0.39 is 0 Å². The van der Waals surface area contributed by atoms with Gasteiger partial charge in [0.15, 0.2) is 0 Å². The number of benzene rings is 2. The third-order valence-corrected chi connectivity index (χ3v) is 5.31. The Morgan fingerprint density at radius 2 is 1.76 bits per heavy atom. The topological polar surface area (TPSA) is 44.8 Å². The molecule has 2 aromatic rings. The predicted octanol–water partition coefficient (Wildman–Crippen LogP) is 2.62. The number of amides is 1. The largest absolute Gasteiger partial charge is 0.496 e. The summed E-state index contributed by atoms with van der Waals surface area (Å²) in [7, 11) is 1.71. The van der Waals surface area contributed by atoms with Crippen LogP contribution in [0.15, 0.2) is 42.5 Å². The van der Waals surface area contributed by atoms with Crippen LogP contribution in [0.25, 0.3) is 0 Å². The van der Waals surface area contributed by atoms with E-state index in [-0.39, 0.29) is 11.7 Å². The number of piperazine rings is 1. The van der Waals surface area contributed by atoms with Gasteiger partial charge in [-0.2, -0.15) is 0 Å². The second-order valence-corrected chi connectivity index (χ2v) is 7.59. The highest BCUT2D eigenvalue weighted by molar-refractivity contribution is 5.78. The number of hydrogen-bond donors (Lipinski definition) is 1. The monoisotopic (exact) mass is 399 g/mol. The maximum atomic E-state index is 12.9. The molecule has 0 aromatic heterocycles. The molecule has 156 valence electrons. The van der Waals surface area contributed by atoms with Crippen molar-refractivity contribution >= 4 is 5.91 Å². The van der Waals surface area contributed by atoms with Crippen molar-refractivity contribution in [2.45, 2.75) is 19.9 Å². The van der Waals surface area contributed by atoms with Crippen LogP contribution in [-0.4, -0.2) is 62.1 Å². The highest BCUT2D eigenvalue weighted by Crippen LogP contribution is 2.22. The normalized spacial score (nSPS) is 15.3. The van der Waals surface area contributed by atoms with Gasteiger partial charge in [-0.15, -0.1) is 0 Å². The molecule has 29 heavy (non-hydrogen) atoms. The minimum absolute atomic E-state index is 0.0425. The van der Waals surface area contributed by atoms with Gasteiger partial charge in [0.1, 0.15) is 11.6 Å². The molecule has 3 rings (SSSR count). The van der Waals surface area contributed by atoms with E-state index in [0.29, 0.717) is 19.5 Å². The minimum Gasteiger partial charge on any atom is -0.496 e. The number of hydrogen-bond acceptors (Lipinski definition) is 4. The minimum atomic E-state index is -0.238. The van der Waals surface area contributed by atoms with E-state index in [9.17, 15) is 9.18 Å². The summed E-state index contributed by atoms with van der Waals surface area (Å²) in [5, 5.41) is 2.96. The summed E-state index contributed by atoms with van der Waals surface area (Å²) >= 11 is 0. The first-order valence-electron chi connectivity index (χ1n) is 10.1. The van der Waals surface area contributed by atoms with Crippen molar-refractivity contribution in [2.75, 3.05) is 46.4 Å². The van der Waals surface area contributed by atoms with Gasteiger partial charge in [0, 0.05) is 44.8 Å². The molecule has 5 nitrogen and oxygen atoms in total. The molecular formula is C23H30FN3O2. The molecule has 1 amide bonds. The van der Waals surface area contributed by atoms with Crippen LogP contribution in [0.1, 0.15) is 16.7 Å². The van der Waals surface area contributed by atoms with Crippen LogP contribution in [0.2, 0.25) is 0 Å². The van der Waals surface area contributed by atoms with E-state index in [1.807, 2.05) is 6.07 Å². The number of carbonyl (C=O) groups excluding carboxylic acids is 1. The maximum absolute atomic E-state index is 12.9. The number of nitrogens with one attached hydrogen (secondary N) is 1. The van der Waals surface area contributed by atoms with Gasteiger partial charge in [-0.25, -0.2) is 4.39 Å². The molecule has 0 saturated carbocycles. The van der Waals surface area contributed by atoms with Crippen molar-refractivity contribution in [1.29, 1.82) is 0 Å². The molecule has 0 radical (unpaired) electrons. The van der Waals surface area contributed by atoms with E-state index >= 15 is 0 Å². The number of halogens is 1. The SMILES string of the molecule is COc1ccc(C)cc1CN1CCN(CC(=O)NCCc2ccc(F)cc2)CC1. The molecule has 0 spiro atoms. The number of methoxy groups -OCH3 is 1. The molecule has 1 aliphatic rings. The fourth-order valence-electron chi connectivity index (χ4n) is 3.63. The lowest BCUT2D eigenvalue weighted by molar-refractivity contribution is -0.122. The van der Waals surface area contributed by atoms with E-state index in [4.69, 9.17) is 4.74 Å². The average molecular weight is 400 g/mol. The van der Waals surface area contributed by atoms with Gasteiger partial charge in [0.05, 0.1) is 13.7 Å². The molecule has 1 aliphatic heterocycles. The summed E-state index contributed by atoms with van der Waals surface area (Å²) in [6.07, 6.45) is 0.706. The first kappa shape index (κ1) is 21.3. The number of ether oxygens (including phenoxy) is 1. The number of carbonyl (C=O) groups is 1. The highest BCUT2D eigenvalue weighted by atomic mass is 19.1. The Balaban J connectivity index is 1.37. The van der Waals surface area contributed by atoms with Gasteiger partial charge in [0.25, 0.3) is 0 Å². The lowest BCUT2D eigenvalue weighted by atomic mass is 10.1. The van der Waals surface area contributed by atoms with Gasteiger partial charge in [-0.3, -0.25) is 14.6 Å². The third kappa shape index (κ3) is 6.54. The van der Waals surface area contributed by atoms with Crippen molar-refractivity contribution in [3.05, 3.63) is 65.0 Å². The summed E-state index contributed by atoms with van der Waals surface area (Å²) in [6.45, 7) is 7.56. The van der Waals surface area contributed by atoms with Gasteiger partial charge in [0.2, 0.25) is 5.91 Å². The standard InChI is InChI=1S/C23H30FN3O2/c1-18-3-8-22(29-2)20(15-18)16-26-11-13-27(14-12-26)17-23(28)25-10-9-19-4-6-21(24)7-5-19/h3-8,15H,9-14,16-17H2,1-2H3,(H,25,28). The Kier molecular flexibility index (Phi) is 7.61. The molecule has 0 unspecified atom stereocenters. The van der Waals surface area contributed by atoms with Crippen LogP contribution in [0.4, 0.5) is 4.39 Å². The number of rotatable bonds is 8. The van der Waals surface area contributed by atoms with Crippen molar-refractivity contribution in [1.82, 2.24) is 15.1 Å². The zero-order valence-electron chi connectivity index (χ0n) is 17.3. The molecule has 1 heterocycles. The second-order valence-electron chi connectivity index (χ2n) is 7.59. The van der Waals surface area contributed by atoms with Crippen molar-refractivity contribution < 1.29 is 13.9 Å². The predicted molar refractivity (Wildman–Crippen MR) is 113 cm³/mol. The molecule has 0 bridgehead atoms. The Morgan fingerprint density at radius 3 is 2.45 bits per heavy atom. The van der Waals surface area contributed by atoms with E-state index in [0.717, 1.165) is 44.0 Å². The fraction of sp³-hybridized carbons (Fsp3) is 0.435. The van der Waals surface area contributed by atoms with Gasteiger partial charge in [-0.05, 0) is 37.1 Å². The van der Waals surface area contributed by atoms with Gasteiger partial charge < -0.3 is 10.1 Å². The van der Waals surface area contributed by atoms with Crippen LogP contribution in [0.5, 0.6) is 5.75 Å². The summed E-state index contributed by atoms with van der Waals surface area (Å²) in [5.74, 6) is 0.734. The van der Waals surface area contributed by atoms with Gasteiger partial charge >= 0.3 is 0 Å². The smallest absolute Gasteiger partial charge is 0.234 e. The molecule has 0 atom stereocenters. The summed E-state index contributed by atoms with van der Waals surface area (Å²) in [6, 6.07) is 12.7. The Labute approximate surface area is 172 Å². The van der Waals surface area contributed by atoms with E-state index in [1.165, 1.54) is 23.3 Å². The van der Waals surface area contributed by atoms with Crippen LogP contribution in [0.3, 0.4) is 0 Å². The zero-order valence-corrected chi connectivity index (χ0v) is 17.3.